The number of rotatable bonds is 2. The van der Waals surface area contributed by atoms with Gasteiger partial charge in [-0.15, -0.1) is 5.10 Å². The zero-order chi connectivity index (χ0) is 17.6. The summed E-state index contributed by atoms with van der Waals surface area (Å²) in [7, 11) is 0. The minimum absolute atomic E-state index is 0.0848. The number of para-hydroxylation sites is 1. The largest absolute Gasteiger partial charge is 0.306 e. The van der Waals surface area contributed by atoms with Crippen LogP contribution < -0.4 is 4.90 Å². The van der Waals surface area contributed by atoms with Gasteiger partial charge in [0.05, 0.1) is 11.4 Å². The van der Waals surface area contributed by atoms with Gasteiger partial charge in [0.15, 0.2) is 5.69 Å². The topological polar surface area (TPSA) is 51.0 Å². The summed E-state index contributed by atoms with van der Waals surface area (Å²) in [5, 5.41) is 8.98. The third kappa shape index (κ3) is 2.61. The van der Waals surface area contributed by atoms with Crippen LogP contribution in [0.15, 0.2) is 42.5 Å². The molecule has 4 rings (SSSR count). The molecule has 0 aliphatic carbocycles. The Labute approximate surface area is 146 Å². The number of aryl methyl sites for hydroxylation is 3. The van der Waals surface area contributed by atoms with Gasteiger partial charge >= 0.3 is 0 Å². The van der Waals surface area contributed by atoms with Crippen LogP contribution in [-0.2, 0) is 6.42 Å². The second kappa shape index (κ2) is 5.84. The number of nitrogens with zero attached hydrogens (tertiary/aromatic N) is 4. The molecular formula is C20H20N4O. The van der Waals surface area contributed by atoms with E-state index >= 15 is 0 Å². The number of aromatic nitrogens is 3. The summed E-state index contributed by atoms with van der Waals surface area (Å²) in [5.41, 5.74) is 6.42. The Morgan fingerprint density at radius 1 is 1.00 bits per heavy atom. The summed E-state index contributed by atoms with van der Waals surface area (Å²) < 4.78 is 0. The predicted octanol–water partition coefficient (Wildman–Crippen LogP) is 3.40. The molecule has 3 aromatic rings. The SMILES string of the molecule is Cc1ccc(-n2nc(C)c(C(=O)N3CCc4ccccc43)n2)c(C)c1. The molecule has 25 heavy (non-hydrogen) atoms. The smallest absolute Gasteiger partial charge is 0.280 e. The third-order valence-corrected chi connectivity index (χ3v) is 4.68. The second-order valence-electron chi connectivity index (χ2n) is 6.55. The molecule has 5 nitrogen and oxygen atoms in total. The average molecular weight is 332 g/mol. The van der Waals surface area contributed by atoms with Gasteiger partial charge in [-0.25, -0.2) is 0 Å². The summed E-state index contributed by atoms with van der Waals surface area (Å²) in [6.07, 6.45) is 0.881. The monoisotopic (exact) mass is 332 g/mol. The van der Waals surface area contributed by atoms with Crippen LogP contribution in [0.4, 0.5) is 5.69 Å². The number of anilines is 1. The van der Waals surface area contributed by atoms with Crippen molar-refractivity contribution in [2.75, 3.05) is 11.4 Å². The van der Waals surface area contributed by atoms with Crippen molar-refractivity contribution in [3.8, 4) is 5.69 Å². The minimum atomic E-state index is -0.0848. The number of fused-ring (bicyclic) bond motifs is 1. The lowest BCUT2D eigenvalue weighted by Gasteiger charge is -2.15. The highest BCUT2D eigenvalue weighted by Crippen LogP contribution is 2.29. The lowest BCUT2D eigenvalue weighted by molar-refractivity contribution is 0.0983. The molecule has 0 radical (unpaired) electrons. The molecule has 0 unspecified atom stereocenters. The Bertz CT molecular complexity index is 974. The second-order valence-corrected chi connectivity index (χ2v) is 6.55. The van der Waals surface area contributed by atoms with E-state index < -0.39 is 0 Å². The van der Waals surface area contributed by atoms with Crippen LogP contribution >= 0.6 is 0 Å². The summed E-state index contributed by atoms with van der Waals surface area (Å²) in [6.45, 7) is 6.60. The van der Waals surface area contributed by atoms with Crippen LogP contribution in [0.3, 0.4) is 0 Å². The Morgan fingerprint density at radius 2 is 1.80 bits per heavy atom. The molecule has 0 saturated carbocycles. The third-order valence-electron chi connectivity index (χ3n) is 4.68. The van der Waals surface area contributed by atoms with Gasteiger partial charge in [0.1, 0.15) is 0 Å². The Balaban J connectivity index is 1.70. The van der Waals surface area contributed by atoms with Crippen molar-refractivity contribution in [1.29, 1.82) is 0 Å². The minimum Gasteiger partial charge on any atom is -0.306 e. The van der Waals surface area contributed by atoms with Gasteiger partial charge in [-0.05, 0) is 50.5 Å². The van der Waals surface area contributed by atoms with Crippen LogP contribution in [0.5, 0.6) is 0 Å². The quantitative estimate of drug-likeness (QED) is 0.723. The Hall–Kier alpha value is -2.95. The molecule has 126 valence electrons. The molecule has 0 atom stereocenters. The molecular weight excluding hydrogens is 312 g/mol. The van der Waals surface area contributed by atoms with E-state index in [1.807, 2.05) is 44.2 Å². The highest BCUT2D eigenvalue weighted by molar-refractivity contribution is 6.06. The Morgan fingerprint density at radius 3 is 2.60 bits per heavy atom. The van der Waals surface area contributed by atoms with E-state index in [0.29, 0.717) is 17.9 Å². The maximum Gasteiger partial charge on any atom is 0.280 e. The standard InChI is InChI=1S/C20H20N4O/c1-13-8-9-17(14(2)12-13)24-21-15(3)19(22-24)20(25)23-11-10-16-6-4-5-7-18(16)23/h4-9,12H,10-11H2,1-3H3. The van der Waals surface area contributed by atoms with Crippen molar-refractivity contribution < 1.29 is 4.79 Å². The molecule has 0 spiro atoms. The molecule has 2 heterocycles. The maximum atomic E-state index is 13.0. The number of carbonyl (C=O) groups excluding carboxylic acids is 1. The van der Waals surface area contributed by atoms with Crippen LogP contribution in [0.1, 0.15) is 32.9 Å². The highest BCUT2D eigenvalue weighted by atomic mass is 16.2. The van der Waals surface area contributed by atoms with E-state index in [4.69, 9.17) is 0 Å². The number of hydrogen-bond acceptors (Lipinski definition) is 3. The van der Waals surface area contributed by atoms with Crippen LogP contribution in [0.25, 0.3) is 5.69 Å². The fourth-order valence-electron chi connectivity index (χ4n) is 3.39. The first kappa shape index (κ1) is 15.6. The van der Waals surface area contributed by atoms with Gasteiger partial charge in [-0.1, -0.05) is 35.9 Å². The van der Waals surface area contributed by atoms with Gasteiger partial charge < -0.3 is 4.90 Å². The Kier molecular flexibility index (Phi) is 3.64. The molecule has 1 aliphatic rings. The fraction of sp³-hybridized carbons (Fsp3) is 0.250. The first-order valence-corrected chi connectivity index (χ1v) is 8.46. The number of hydrogen-bond donors (Lipinski definition) is 0. The van der Waals surface area contributed by atoms with Gasteiger partial charge in [0, 0.05) is 12.2 Å². The van der Waals surface area contributed by atoms with Crippen molar-refractivity contribution in [3.05, 3.63) is 70.5 Å². The van der Waals surface area contributed by atoms with Crippen molar-refractivity contribution in [1.82, 2.24) is 15.0 Å². The van der Waals surface area contributed by atoms with Crippen molar-refractivity contribution in [2.45, 2.75) is 27.2 Å². The average Bonchev–Trinajstić information content (AvgIpc) is 3.18. The number of carbonyl (C=O) groups is 1. The van der Waals surface area contributed by atoms with E-state index in [-0.39, 0.29) is 5.91 Å². The lowest BCUT2D eigenvalue weighted by Crippen LogP contribution is -2.29. The molecule has 2 aromatic carbocycles. The number of amides is 1. The zero-order valence-corrected chi connectivity index (χ0v) is 14.7. The normalized spacial score (nSPS) is 13.2. The molecule has 5 heteroatoms. The van der Waals surface area contributed by atoms with Crippen LogP contribution in [0.2, 0.25) is 0 Å². The molecule has 0 saturated heterocycles. The van der Waals surface area contributed by atoms with Gasteiger partial charge in [0.2, 0.25) is 0 Å². The van der Waals surface area contributed by atoms with E-state index in [2.05, 4.69) is 29.3 Å². The van der Waals surface area contributed by atoms with E-state index in [1.165, 1.54) is 11.1 Å². The van der Waals surface area contributed by atoms with E-state index in [9.17, 15) is 4.79 Å². The van der Waals surface area contributed by atoms with Gasteiger partial charge in [-0.2, -0.15) is 9.90 Å². The van der Waals surface area contributed by atoms with Crippen molar-refractivity contribution >= 4 is 11.6 Å². The summed E-state index contributed by atoms with van der Waals surface area (Å²) in [5.74, 6) is -0.0848. The summed E-state index contributed by atoms with van der Waals surface area (Å²) in [4.78, 5) is 16.4. The fourth-order valence-corrected chi connectivity index (χ4v) is 3.39. The highest BCUT2D eigenvalue weighted by Gasteiger charge is 2.28. The van der Waals surface area contributed by atoms with E-state index in [0.717, 1.165) is 23.4 Å². The first-order valence-electron chi connectivity index (χ1n) is 8.46. The van der Waals surface area contributed by atoms with Crippen LogP contribution in [0, 0.1) is 20.8 Å². The molecule has 1 aromatic heterocycles. The summed E-state index contributed by atoms with van der Waals surface area (Å²) in [6, 6.07) is 14.1. The van der Waals surface area contributed by atoms with Crippen molar-refractivity contribution in [3.63, 3.8) is 0 Å². The molecule has 0 N–H and O–H groups in total. The molecule has 0 fully saturated rings. The zero-order valence-electron chi connectivity index (χ0n) is 14.7. The molecule has 0 bridgehead atoms. The first-order chi connectivity index (χ1) is 12.0. The van der Waals surface area contributed by atoms with E-state index in [1.54, 1.807) is 9.70 Å². The maximum absolute atomic E-state index is 13.0. The summed E-state index contributed by atoms with van der Waals surface area (Å²) >= 11 is 0. The van der Waals surface area contributed by atoms with Gasteiger partial charge in [0.25, 0.3) is 5.91 Å². The predicted molar refractivity (Wildman–Crippen MR) is 97.4 cm³/mol. The van der Waals surface area contributed by atoms with Crippen molar-refractivity contribution in [2.24, 2.45) is 0 Å². The van der Waals surface area contributed by atoms with Gasteiger partial charge in [-0.3, -0.25) is 4.79 Å². The number of benzene rings is 2. The molecule has 1 amide bonds. The lowest BCUT2D eigenvalue weighted by atomic mass is 10.1. The molecule has 1 aliphatic heterocycles. The van der Waals surface area contributed by atoms with Crippen LogP contribution in [-0.4, -0.2) is 27.4 Å².